The van der Waals surface area contributed by atoms with Crippen molar-refractivity contribution in [2.24, 2.45) is 0 Å². The first kappa shape index (κ1) is 15.3. The van der Waals surface area contributed by atoms with Gasteiger partial charge in [-0.3, -0.25) is 9.59 Å². The largest absolute Gasteiger partial charge is 0.484 e. The van der Waals surface area contributed by atoms with Crippen molar-refractivity contribution >= 4 is 11.8 Å². The summed E-state index contributed by atoms with van der Waals surface area (Å²) in [5.74, 6) is 0.231. The van der Waals surface area contributed by atoms with E-state index in [0.29, 0.717) is 32.1 Å². The predicted octanol–water partition coefficient (Wildman–Crippen LogP) is 0.349. The third-order valence-corrected chi connectivity index (χ3v) is 3.19. The van der Waals surface area contributed by atoms with E-state index in [0.717, 1.165) is 5.56 Å². The first-order valence-corrected chi connectivity index (χ1v) is 6.97. The molecule has 2 rings (SSSR count). The van der Waals surface area contributed by atoms with Crippen molar-refractivity contribution in [1.82, 2.24) is 10.2 Å². The maximum absolute atomic E-state index is 11.8. The number of hydrogen-bond donors (Lipinski definition) is 1. The molecule has 6 heteroatoms. The number of ether oxygens (including phenoxy) is 2. The lowest BCUT2D eigenvalue weighted by Crippen LogP contribution is -2.46. The van der Waals surface area contributed by atoms with Gasteiger partial charge in [0.2, 0.25) is 5.91 Å². The fourth-order valence-electron chi connectivity index (χ4n) is 1.93. The first-order valence-electron chi connectivity index (χ1n) is 6.97. The van der Waals surface area contributed by atoms with Gasteiger partial charge in [0.05, 0.1) is 19.8 Å². The third kappa shape index (κ3) is 5.07. The molecule has 1 aromatic rings. The normalized spacial score (nSPS) is 14.6. The quantitative estimate of drug-likeness (QED) is 0.850. The van der Waals surface area contributed by atoms with Gasteiger partial charge >= 0.3 is 0 Å². The number of amides is 2. The molecule has 0 atom stereocenters. The van der Waals surface area contributed by atoms with E-state index in [4.69, 9.17) is 9.47 Å². The molecule has 1 aliphatic heterocycles. The number of rotatable bonds is 5. The molecule has 0 radical (unpaired) electrons. The third-order valence-electron chi connectivity index (χ3n) is 3.19. The average Bonchev–Trinajstić information content (AvgIpc) is 2.53. The second-order valence-electron chi connectivity index (χ2n) is 4.87. The minimum absolute atomic E-state index is 0.00388. The van der Waals surface area contributed by atoms with Crippen molar-refractivity contribution in [2.75, 3.05) is 39.5 Å². The summed E-state index contributed by atoms with van der Waals surface area (Å²) in [5.41, 5.74) is 1.13. The Bertz CT molecular complexity index is 481. The molecule has 1 heterocycles. The number of hydrogen-bond acceptors (Lipinski definition) is 4. The Morgan fingerprint density at radius 1 is 1.24 bits per heavy atom. The van der Waals surface area contributed by atoms with Gasteiger partial charge < -0.3 is 19.7 Å². The highest BCUT2D eigenvalue weighted by molar-refractivity contribution is 5.85. The maximum atomic E-state index is 11.8. The van der Waals surface area contributed by atoms with Gasteiger partial charge in [0.1, 0.15) is 5.75 Å². The first-order chi connectivity index (χ1) is 10.1. The highest BCUT2D eigenvalue weighted by Gasteiger charge is 2.17. The molecule has 1 aromatic carbocycles. The summed E-state index contributed by atoms with van der Waals surface area (Å²) >= 11 is 0. The number of benzene rings is 1. The highest BCUT2D eigenvalue weighted by atomic mass is 16.5. The zero-order valence-electron chi connectivity index (χ0n) is 12.1. The van der Waals surface area contributed by atoms with Crippen LogP contribution in [-0.2, 0) is 14.3 Å². The molecule has 1 fully saturated rings. The molecule has 2 amide bonds. The van der Waals surface area contributed by atoms with Crippen LogP contribution in [0.25, 0.3) is 0 Å². The van der Waals surface area contributed by atoms with Crippen molar-refractivity contribution in [2.45, 2.75) is 6.92 Å². The van der Waals surface area contributed by atoms with Crippen molar-refractivity contribution in [1.29, 1.82) is 0 Å². The van der Waals surface area contributed by atoms with Crippen LogP contribution in [0.3, 0.4) is 0 Å². The SMILES string of the molecule is Cc1ccc(OCC(=O)NCC(=O)N2CCOCC2)cc1. The zero-order chi connectivity index (χ0) is 15.1. The number of morpholine rings is 1. The van der Waals surface area contributed by atoms with Crippen LogP contribution >= 0.6 is 0 Å². The van der Waals surface area contributed by atoms with Crippen molar-refractivity contribution in [3.63, 3.8) is 0 Å². The smallest absolute Gasteiger partial charge is 0.258 e. The summed E-state index contributed by atoms with van der Waals surface area (Å²) in [6.45, 7) is 4.14. The summed E-state index contributed by atoms with van der Waals surface area (Å²) in [4.78, 5) is 25.2. The van der Waals surface area contributed by atoms with Gasteiger partial charge in [0.25, 0.3) is 5.91 Å². The summed E-state index contributed by atoms with van der Waals surface area (Å²) in [7, 11) is 0. The van der Waals surface area contributed by atoms with Crippen molar-refractivity contribution in [3.8, 4) is 5.75 Å². The zero-order valence-corrected chi connectivity index (χ0v) is 12.1. The molecule has 1 N–H and O–H groups in total. The lowest BCUT2D eigenvalue weighted by molar-refractivity contribution is -0.136. The average molecular weight is 292 g/mol. The van der Waals surface area contributed by atoms with E-state index < -0.39 is 0 Å². The van der Waals surface area contributed by atoms with Crippen LogP contribution in [0.4, 0.5) is 0 Å². The molecule has 0 unspecified atom stereocenters. The number of nitrogens with zero attached hydrogens (tertiary/aromatic N) is 1. The summed E-state index contributed by atoms with van der Waals surface area (Å²) < 4.78 is 10.5. The van der Waals surface area contributed by atoms with E-state index in [1.165, 1.54) is 0 Å². The Morgan fingerprint density at radius 2 is 1.90 bits per heavy atom. The molecule has 21 heavy (non-hydrogen) atoms. The van der Waals surface area contributed by atoms with Crippen LogP contribution in [0.2, 0.25) is 0 Å². The van der Waals surface area contributed by atoms with Gasteiger partial charge in [-0.2, -0.15) is 0 Å². The van der Waals surface area contributed by atoms with E-state index in [9.17, 15) is 9.59 Å². The number of carbonyl (C=O) groups is 2. The Kier molecular flexibility index (Phi) is 5.57. The molecule has 114 valence electrons. The van der Waals surface area contributed by atoms with Crippen molar-refractivity contribution in [3.05, 3.63) is 29.8 Å². The molecular weight excluding hydrogens is 272 g/mol. The molecule has 0 aromatic heterocycles. The number of aryl methyl sites for hydroxylation is 1. The number of nitrogens with one attached hydrogen (secondary N) is 1. The molecule has 6 nitrogen and oxygen atoms in total. The van der Waals surface area contributed by atoms with Crippen molar-refractivity contribution < 1.29 is 19.1 Å². The Balaban J connectivity index is 1.67. The van der Waals surface area contributed by atoms with Gasteiger partial charge in [-0.05, 0) is 19.1 Å². The summed E-state index contributed by atoms with van der Waals surface area (Å²) in [6, 6.07) is 7.44. The van der Waals surface area contributed by atoms with E-state index in [-0.39, 0.29) is 25.0 Å². The van der Waals surface area contributed by atoms with Gasteiger partial charge in [-0.1, -0.05) is 17.7 Å². The molecular formula is C15H20N2O4. The molecule has 0 saturated carbocycles. The lowest BCUT2D eigenvalue weighted by Gasteiger charge is -2.26. The predicted molar refractivity (Wildman–Crippen MR) is 77.1 cm³/mol. The van der Waals surface area contributed by atoms with E-state index in [1.807, 2.05) is 31.2 Å². The second kappa shape index (κ2) is 7.64. The van der Waals surface area contributed by atoms with E-state index in [2.05, 4.69) is 5.32 Å². The van der Waals surface area contributed by atoms with Crippen LogP contribution in [0.15, 0.2) is 24.3 Å². The van der Waals surface area contributed by atoms with Gasteiger partial charge in [0.15, 0.2) is 6.61 Å². The molecule has 1 aliphatic rings. The Morgan fingerprint density at radius 3 is 2.57 bits per heavy atom. The molecule has 0 aliphatic carbocycles. The molecule has 0 spiro atoms. The monoisotopic (exact) mass is 292 g/mol. The topological polar surface area (TPSA) is 67.9 Å². The minimum Gasteiger partial charge on any atom is -0.484 e. The Labute approximate surface area is 124 Å². The van der Waals surface area contributed by atoms with Gasteiger partial charge in [-0.25, -0.2) is 0 Å². The van der Waals surface area contributed by atoms with Crippen LogP contribution in [0.5, 0.6) is 5.75 Å². The molecule has 1 saturated heterocycles. The Hall–Kier alpha value is -2.08. The molecule has 0 bridgehead atoms. The standard InChI is InChI=1S/C15H20N2O4/c1-12-2-4-13(5-3-12)21-11-14(18)16-10-15(19)17-6-8-20-9-7-17/h2-5H,6-11H2,1H3,(H,16,18). The van der Waals surface area contributed by atoms with Crippen LogP contribution in [-0.4, -0.2) is 56.2 Å². The number of carbonyl (C=O) groups excluding carboxylic acids is 2. The van der Waals surface area contributed by atoms with Gasteiger partial charge in [-0.15, -0.1) is 0 Å². The summed E-state index contributed by atoms with van der Waals surface area (Å²) in [5, 5.41) is 2.57. The maximum Gasteiger partial charge on any atom is 0.258 e. The van der Waals surface area contributed by atoms with E-state index in [1.54, 1.807) is 4.90 Å². The highest BCUT2D eigenvalue weighted by Crippen LogP contribution is 2.10. The van der Waals surface area contributed by atoms with E-state index >= 15 is 0 Å². The minimum atomic E-state index is -0.308. The fraction of sp³-hybridized carbons (Fsp3) is 0.467. The van der Waals surface area contributed by atoms with Crippen LogP contribution < -0.4 is 10.1 Å². The van der Waals surface area contributed by atoms with Crippen LogP contribution in [0, 0.1) is 6.92 Å². The van der Waals surface area contributed by atoms with Crippen LogP contribution in [0.1, 0.15) is 5.56 Å². The van der Waals surface area contributed by atoms with Gasteiger partial charge in [0, 0.05) is 13.1 Å². The lowest BCUT2D eigenvalue weighted by atomic mass is 10.2. The summed E-state index contributed by atoms with van der Waals surface area (Å²) in [6.07, 6.45) is 0. The second-order valence-corrected chi connectivity index (χ2v) is 4.87. The fourth-order valence-corrected chi connectivity index (χ4v) is 1.93.